The molecule has 0 saturated carbocycles. The molecule has 0 aromatic carbocycles. The molecule has 0 aromatic rings. The molecule has 2 aliphatic heterocycles. The van der Waals surface area contributed by atoms with Gasteiger partial charge < -0.3 is 18.2 Å². The van der Waals surface area contributed by atoms with Gasteiger partial charge in [0.2, 0.25) is 20.6 Å². The molecule has 0 radical (unpaired) electrons. The summed E-state index contributed by atoms with van der Waals surface area (Å²) in [6.45, 7) is 0. The van der Waals surface area contributed by atoms with Gasteiger partial charge >= 0.3 is 49.7 Å². The van der Waals surface area contributed by atoms with Gasteiger partial charge in [-0.1, -0.05) is 12.2 Å². The summed E-state index contributed by atoms with van der Waals surface area (Å²) in [6.07, 6.45) is 11.5. The van der Waals surface area contributed by atoms with Gasteiger partial charge in [-0.05, 0) is 12.2 Å². The predicted molar refractivity (Wildman–Crippen MR) is 85.5 cm³/mol. The van der Waals surface area contributed by atoms with Gasteiger partial charge in [-0.25, -0.2) is 18.5 Å². The minimum absolute atomic E-state index is 0. The first-order valence-corrected chi connectivity index (χ1v) is 11.5. The summed E-state index contributed by atoms with van der Waals surface area (Å²) in [5.74, 6) is 0. The van der Waals surface area contributed by atoms with Crippen LogP contribution in [0.15, 0.2) is 48.9 Å². The second-order valence-corrected chi connectivity index (χ2v) is 10.6. The largest absolute Gasteiger partial charge is 2.00 e. The molecule has 0 amide bonds. The molecule has 0 saturated heterocycles. The quantitative estimate of drug-likeness (QED) is 0.331. The second-order valence-electron chi connectivity index (χ2n) is 4.00. The van der Waals surface area contributed by atoms with E-state index in [1.54, 1.807) is 12.2 Å². The third-order valence-electron chi connectivity index (χ3n) is 2.21. The van der Waals surface area contributed by atoms with Crippen LogP contribution in [0.2, 0.25) is 0 Å². The Balaban J connectivity index is 0. The van der Waals surface area contributed by atoms with Gasteiger partial charge in [0.1, 0.15) is 0 Å². The van der Waals surface area contributed by atoms with E-state index >= 15 is 0 Å². The molecule has 2 rings (SSSR count). The molecule has 0 bridgehead atoms. The first-order chi connectivity index (χ1) is 11.0. The van der Waals surface area contributed by atoms with Gasteiger partial charge in [-0.3, -0.25) is 10.4 Å². The Kier molecular flexibility index (Phi) is 13.9. The van der Waals surface area contributed by atoms with Crippen LogP contribution < -0.4 is 0 Å². The Morgan fingerprint density at radius 1 is 0.731 bits per heavy atom. The van der Waals surface area contributed by atoms with Gasteiger partial charge in [0.25, 0.3) is 0 Å². The van der Waals surface area contributed by atoms with Crippen molar-refractivity contribution in [3.05, 3.63) is 48.9 Å². The molecule has 2 heterocycles. The normalized spacial score (nSPS) is 21.2. The van der Waals surface area contributed by atoms with E-state index in [1.807, 2.05) is 0 Å². The van der Waals surface area contributed by atoms with Gasteiger partial charge in [0.05, 0.1) is 18.1 Å². The minimum atomic E-state index is -4.38. The number of hydrogen-bond acceptors (Lipinski definition) is 10. The molecule has 0 aliphatic carbocycles. The van der Waals surface area contributed by atoms with Crippen LogP contribution in [0.5, 0.6) is 0 Å². The summed E-state index contributed by atoms with van der Waals surface area (Å²) >= 11 is 0. The van der Waals surface area contributed by atoms with E-state index < -0.39 is 28.9 Å². The third-order valence-corrected chi connectivity index (χ3v) is 6.41. The van der Waals surface area contributed by atoms with Gasteiger partial charge in [0.15, 0.2) is 0 Å². The van der Waals surface area contributed by atoms with E-state index in [1.165, 1.54) is 36.7 Å². The molecular weight excluding hydrogens is 535 g/mol. The Morgan fingerprint density at radius 2 is 1.04 bits per heavy atom. The van der Waals surface area contributed by atoms with Crippen molar-refractivity contribution in [2.24, 2.45) is 0 Å². The van der Waals surface area contributed by atoms with Gasteiger partial charge in [0, 0.05) is 24.6 Å². The molecule has 0 spiro atoms. The Labute approximate surface area is 183 Å². The maximum absolute atomic E-state index is 10.3. The number of nitrogens with zero attached hydrogens (tertiary/aromatic N) is 2. The standard InChI is InChI=1S/2C5H7NO4S2.2Zn/c2*7-6-4-2-1-3-5(6)11-12(8,9)10;;/h2*1-5,7H,(H-,8,9,10);;/q;;2*+2/p-2. The van der Waals surface area contributed by atoms with Crippen molar-refractivity contribution >= 4 is 38.7 Å². The maximum Gasteiger partial charge on any atom is 2.00 e. The SMILES string of the molecule is O=S([O-])([O-])=[S+]C1C=CC=CN1O.O=S([O-])([O-])=[S+]C1C=CC=CN1O.[Zn+2].[Zn+2]. The van der Waals surface area contributed by atoms with Crippen molar-refractivity contribution in [2.45, 2.75) is 10.7 Å². The maximum atomic E-state index is 10.3. The zero-order chi connectivity index (χ0) is 18.4. The molecular formula is C10H12N2O8S4Zn2+2. The van der Waals surface area contributed by atoms with Crippen molar-refractivity contribution in [1.82, 2.24) is 10.1 Å². The van der Waals surface area contributed by atoms with E-state index in [4.69, 9.17) is 10.4 Å². The fourth-order valence-electron chi connectivity index (χ4n) is 1.33. The summed E-state index contributed by atoms with van der Waals surface area (Å²) in [7, 11) is -8.47. The minimum Gasteiger partial charge on any atom is -0.746 e. The van der Waals surface area contributed by atoms with E-state index in [0.717, 1.165) is 0 Å². The summed E-state index contributed by atoms with van der Waals surface area (Å²) in [4.78, 5) is 0. The summed E-state index contributed by atoms with van der Waals surface area (Å²) < 4.78 is 61.5. The van der Waals surface area contributed by atoms with Crippen LogP contribution in [-0.2, 0) is 77.7 Å². The molecule has 2 aliphatic rings. The molecule has 26 heavy (non-hydrogen) atoms. The first kappa shape index (κ1) is 28.5. The fraction of sp³-hybridized carbons (Fsp3) is 0.200. The van der Waals surface area contributed by atoms with Crippen molar-refractivity contribution in [3.8, 4) is 0 Å². The van der Waals surface area contributed by atoms with Crippen molar-refractivity contribution in [3.63, 3.8) is 0 Å². The zero-order valence-corrected chi connectivity index (χ0v) is 22.3. The second kappa shape index (κ2) is 12.7. The van der Waals surface area contributed by atoms with Gasteiger partial charge in [-0.2, -0.15) is 0 Å². The Morgan fingerprint density at radius 3 is 1.27 bits per heavy atom. The molecule has 2 N–H and O–H groups in total. The molecule has 0 fully saturated rings. The molecule has 10 nitrogen and oxygen atoms in total. The Hall–Kier alpha value is 0.307. The average molecular weight is 547 g/mol. The van der Waals surface area contributed by atoms with Crippen LogP contribution >= 0.6 is 0 Å². The van der Waals surface area contributed by atoms with Crippen LogP contribution in [0.1, 0.15) is 0 Å². The van der Waals surface area contributed by atoms with E-state index in [2.05, 4.69) is 0 Å². The van der Waals surface area contributed by atoms with Crippen LogP contribution in [0.4, 0.5) is 0 Å². The summed E-state index contributed by atoms with van der Waals surface area (Å²) in [5.41, 5.74) is 0. The van der Waals surface area contributed by atoms with E-state index in [-0.39, 0.29) is 59.6 Å². The molecule has 136 valence electrons. The topological polar surface area (TPSA) is 173 Å². The van der Waals surface area contributed by atoms with Crippen LogP contribution in [-0.4, -0.2) is 57.9 Å². The number of rotatable bonds is 2. The van der Waals surface area contributed by atoms with E-state index in [0.29, 0.717) is 10.1 Å². The summed E-state index contributed by atoms with van der Waals surface area (Å²) in [5, 5.41) is 17.6. The number of hydrogen-bond donors (Lipinski definition) is 2. The van der Waals surface area contributed by atoms with Crippen molar-refractivity contribution < 1.29 is 76.0 Å². The molecule has 16 heteroatoms. The Bertz CT molecular complexity index is 717. The van der Waals surface area contributed by atoms with Crippen molar-refractivity contribution in [2.75, 3.05) is 0 Å². The number of hydroxylamine groups is 4. The van der Waals surface area contributed by atoms with Crippen LogP contribution in [0, 0.1) is 0 Å². The predicted octanol–water partition coefficient (Wildman–Crippen LogP) is -0.745. The van der Waals surface area contributed by atoms with Gasteiger partial charge in [-0.15, -0.1) is 0 Å². The fourth-order valence-corrected chi connectivity index (χ4v) is 4.81. The smallest absolute Gasteiger partial charge is 0.746 e. The van der Waals surface area contributed by atoms with Crippen molar-refractivity contribution in [1.29, 1.82) is 0 Å². The first-order valence-electron chi connectivity index (χ1n) is 5.90. The number of allylic oxidation sites excluding steroid dienone is 4. The van der Waals surface area contributed by atoms with Crippen LogP contribution in [0.3, 0.4) is 0 Å². The average Bonchev–Trinajstić information content (AvgIpc) is 2.42. The summed E-state index contributed by atoms with van der Waals surface area (Å²) in [6, 6.07) is 0. The van der Waals surface area contributed by atoms with Crippen LogP contribution in [0.25, 0.3) is 0 Å². The molecule has 0 aromatic heterocycles. The molecule has 2 unspecified atom stereocenters. The third kappa shape index (κ3) is 12.7. The monoisotopic (exact) mass is 544 g/mol. The molecule has 2 atom stereocenters. The zero-order valence-electron chi connectivity index (χ0n) is 13.1. The van der Waals surface area contributed by atoms with E-state index in [9.17, 15) is 26.6 Å².